The highest BCUT2D eigenvalue weighted by atomic mass is 19.4. The average molecular weight is 514 g/mol. The van der Waals surface area contributed by atoms with Gasteiger partial charge in [0.25, 0.3) is 0 Å². The first-order valence-electron chi connectivity index (χ1n) is 12.3. The van der Waals surface area contributed by atoms with Crippen LogP contribution in [0.1, 0.15) is 22.4 Å². The lowest BCUT2D eigenvalue weighted by Crippen LogP contribution is -2.45. The topological polar surface area (TPSA) is 54.0 Å². The van der Waals surface area contributed by atoms with E-state index in [2.05, 4.69) is 21.7 Å². The summed E-state index contributed by atoms with van der Waals surface area (Å²) in [6, 6.07) is 12.7. The minimum absolute atomic E-state index is 0.504. The van der Waals surface area contributed by atoms with Crippen LogP contribution < -0.4 is 14.4 Å². The van der Waals surface area contributed by atoms with E-state index in [1.807, 2.05) is 24.3 Å². The number of nitrogens with zero attached hydrogens (tertiary/aromatic N) is 5. The number of piperazine rings is 1. The second-order valence-corrected chi connectivity index (χ2v) is 9.48. The molecule has 7 nitrogen and oxygen atoms in total. The molecule has 2 aliphatic rings. The number of ether oxygens (including phenoxy) is 2. The van der Waals surface area contributed by atoms with Gasteiger partial charge >= 0.3 is 6.18 Å². The normalized spacial score (nSPS) is 16.9. The maximum Gasteiger partial charge on any atom is 0.416 e. The fourth-order valence-electron chi connectivity index (χ4n) is 4.63. The summed E-state index contributed by atoms with van der Waals surface area (Å²) in [5, 5.41) is 0. The van der Waals surface area contributed by atoms with Gasteiger partial charge in [0.2, 0.25) is 11.8 Å². The van der Waals surface area contributed by atoms with Crippen molar-refractivity contribution in [2.75, 3.05) is 51.8 Å². The molecule has 1 saturated heterocycles. The third-order valence-electron chi connectivity index (χ3n) is 6.82. The summed E-state index contributed by atoms with van der Waals surface area (Å²) in [6.07, 6.45) is -3.64. The zero-order valence-electron chi connectivity index (χ0n) is 21.0. The van der Waals surface area contributed by atoms with E-state index in [1.165, 1.54) is 0 Å². The Hall–Kier alpha value is -3.37. The zero-order valence-corrected chi connectivity index (χ0v) is 21.0. The summed E-state index contributed by atoms with van der Waals surface area (Å²) >= 11 is 0. The summed E-state index contributed by atoms with van der Waals surface area (Å²) in [5.41, 5.74) is 2.03. The highest BCUT2D eigenvalue weighted by Crippen LogP contribution is 2.34. The van der Waals surface area contributed by atoms with Crippen molar-refractivity contribution >= 4 is 5.95 Å². The molecule has 5 rings (SSSR count). The third kappa shape index (κ3) is 5.97. The van der Waals surface area contributed by atoms with Gasteiger partial charge in [-0.25, -0.2) is 4.98 Å². The Morgan fingerprint density at radius 1 is 0.919 bits per heavy atom. The summed E-state index contributed by atoms with van der Waals surface area (Å²) < 4.78 is 50.5. The number of likely N-dealkylation sites (N-methyl/N-ethyl adjacent to an activating group) is 1. The summed E-state index contributed by atoms with van der Waals surface area (Å²) in [4.78, 5) is 16.4. The van der Waals surface area contributed by atoms with Crippen molar-refractivity contribution in [2.24, 2.45) is 0 Å². The number of hydrogen-bond acceptors (Lipinski definition) is 7. The van der Waals surface area contributed by atoms with E-state index in [1.54, 1.807) is 19.2 Å². The van der Waals surface area contributed by atoms with Gasteiger partial charge in [-0.05, 0) is 36.9 Å². The van der Waals surface area contributed by atoms with Gasteiger partial charge in [-0.1, -0.05) is 18.2 Å². The predicted molar refractivity (Wildman–Crippen MR) is 134 cm³/mol. The fraction of sp³-hybridized carbons (Fsp3) is 0.407. The molecule has 2 aromatic carbocycles. The highest BCUT2D eigenvalue weighted by Gasteiger charge is 2.30. The Morgan fingerprint density at radius 3 is 2.35 bits per heavy atom. The van der Waals surface area contributed by atoms with Crippen molar-refractivity contribution in [1.82, 2.24) is 19.8 Å². The number of fused-ring (bicyclic) bond motifs is 1. The molecule has 3 aromatic rings. The van der Waals surface area contributed by atoms with Crippen LogP contribution in [0.3, 0.4) is 0 Å². The summed E-state index contributed by atoms with van der Waals surface area (Å²) in [5.74, 6) is 2.47. The zero-order chi connectivity index (χ0) is 26.0. The maximum absolute atomic E-state index is 12.9. The molecule has 0 saturated carbocycles. The Morgan fingerprint density at radius 2 is 1.65 bits per heavy atom. The van der Waals surface area contributed by atoms with E-state index in [4.69, 9.17) is 19.4 Å². The van der Waals surface area contributed by atoms with E-state index in [9.17, 15) is 13.2 Å². The van der Waals surface area contributed by atoms with Gasteiger partial charge in [0.15, 0.2) is 0 Å². The minimum Gasteiger partial charge on any atom is -0.497 e. The largest absolute Gasteiger partial charge is 0.497 e. The number of anilines is 1. The van der Waals surface area contributed by atoms with Crippen molar-refractivity contribution in [3.63, 3.8) is 0 Å². The predicted octanol–water partition coefficient (Wildman–Crippen LogP) is 4.61. The molecule has 0 spiro atoms. The van der Waals surface area contributed by atoms with Crippen LogP contribution in [0.4, 0.5) is 19.1 Å². The molecule has 1 fully saturated rings. The van der Waals surface area contributed by atoms with Gasteiger partial charge in [0.1, 0.15) is 11.5 Å². The second-order valence-electron chi connectivity index (χ2n) is 9.48. The second kappa shape index (κ2) is 10.5. The lowest BCUT2D eigenvalue weighted by atomic mass is 10.0. The van der Waals surface area contributed by atoms with Crippen LogP contribution in [0.5, 0.6) is 17.4 Å². The average Bonchev–Trinajstić information content (AvgIpc) is 2.89. The van der Waals surface area contributed by atoms with Crippen molar-refractivity contribution in [3.05, 3.63) is 70.9 Å². The quantitative estimate of drug-likeness (QED) is 0.477. The molecule has 0 unspecified atom stereocenters. The standard InChI is InChI=1S/C27H30F3N5O2/c1-33-12-14-35(15-13-33)26-31-24-10-11-34(17-19-6-8-20(9-7-19)27(28,29)30)18-23(24)25(32-26)37-22-5-3-4-21(16-22)36-2/h3-9,16H,10-15,17-18H2,1-2H3. The van der Waals surface area contributed by atoms with Crippen LogP contribution in [0, 0.1) is 0 Å². The van der Waals surface area contributed by atoms with Crippen LogP contribution in [0.25, 0.3) is 0 Å². The lowest BCUT2D eigenvalue weighted by molar-refractivity contribution is -0.137. The first-order chi connectivity index (χ1) is 17.8. The molecule has 10 heteroatoms. The molecule has 0 bridgehead atoms. The van der Waals surface area contributed by atoms with Gasteiger partial charge in [-0.15, -0.1) is 0 Å². The number of hydrogen-bond donors (Lipinski definition) is 0. The molecule has 0 radical (unpaired) electrons. The van der Waals surface area contributed by atoms with Gasteiger partial charge in [0, 0.05) is 58.3 Å². The van der Waals surface area contributed by atoms with Crippen molar-refractivity contribution in [2.45, 2.75) is 25.7 Å². The van der Waals surface area contributed by atoms with Crippen LogP contribution in [0.15, 0.2) is 48.5 Å². The Labute approximate surface area is 214 Å². The summed E-state index contributed by atoms with van der Waals surface area (Å²) in [7, 11) is 3.71. The van der Waals surface area contributed by atoms with E-state index in [0.717, 1.165) is 61.7 Å². The first-order valence-corrected chi connectivity index (χ1v) is 12.3. The van der Waals surface area contributed by atoms with E-state index >= 15 is 0 Å². The van der Waals surface area contributed by atoms with Gasteiger partial charge in [-0.3, -0.25) is 4.90 Å². The number of halogens is 3. The molecular formula is C27H30F3N5O2. The third-order valence-corrected chi connectivity index (χ3v) is 6.82. The number of aromatic nitrogens is 2. The highest BCUT2D eigenvalue weighted by molar-refractivity contribution is 5.45. The molecule has 0 N–H and O–H groups in total. The van der Waals surface area contributed by atoms with Gasteiger partial charge in [0.05, 0.1) is 23.9 Å². The van der Waals surface area contributed by atoms with Crippen LogP contribution in [-0.4, -0.2) is 66.6 Å². The van der Waals surface area contributed by atoms with Crippen LogP contribution in [-0.2, 0) is 25.7 Å². The molecule has 2 aliphatic heterocycles. The monoisotopic (exact) mass is 513 g/mol. The number of methoxy groups -OCH3 is 1. The molecule has 196 valence electrons. The lowest BCUT2D eigenvalue weighted by Gasteiger charge is -2.34. The Kier molecular flexibility index (Phi) is 7.21. The first kappa shape index (κ1) is 25.3. The van der Waals surface area contributed by atoms with Gasteiger partial charge < -0.3 is 19.3 Å². The molecule has 0 amide bonds. The Balaban J connectivity index is 1.41. The molecule has 37 heavy (non-hydrogen) atoms. The summed E-state index contributed by atoms with van der Waals surface area (Å²) in [6.45, 7) is 5.36. The van der Waals surface area contributed by atoms with Crippen molar-refractivity contribution in [1.29, 1.82) is 0 Å². The van der Waals surface area contributed by atoms with E-state index in [-0.39, 0.29) is 0 Å². The SMILES string of the molecule is COc1cccc(Oc2nc(N3CCN(C)CC3)nc3c2CN(Cc2ccc(C(F)(F)F)cc2)CC3)c1. The molecule has 1 aromatic heterocycles. The molecule has 3 heterocycles. The molecule has 0 aliphatic carbocycles. The van der Waals surface area contributed by atoms with Crippen molar-refractivity contribution < 1.29 is 22.6 Å². The van der Waals surface area contributed by atoms with Gasteiger partial charge in [-0.2, -0.15) is 18.2 Å². The van der Waals surface area contributed by atoms with E-state index in [0.29, 0.717) is 42.8 Å². The molecule has 0 atom stereocenters. The minimum atomic E-state index is -4.34. The fourth-order valence-corrected chi connectivity index (χ4v) is 4.63. The Bertz CT molecular complexity index is 1230. The number of benzene rings is 2. The number of alkyl halides is 3. The van der Waals surface area contributed by atoms with E-state index < -0.39 is 11.7 Å². The number of rotatable bonds is 6. The smallest absolute Gasteiger partial charge is 0.416 e. The van der Waals surface area contributed by atoms with Crippen LogP contribution >= 0.6 is 0 Å². The molecular weight excluding hydrogens is 483 g/mol. The maximum atomic E-state index is 12.9. The van der Waals surface area contributed by atoms with Crippen LogP contribution in [0.2, 0.25) is 0 Å². The van der Waals surface area contributed by atoms with Crippen molar-refractivity contribution in [3.8, 4) is 17.4 Å².